The van der Waals surface area contributed by atoms with E-state index in [1.54, 1.807) is 42.1 Å². The monoisotopic (exact) mass is 290 g/mol. The molecule has 0 unspecified atom stereocenters. The fourth-order valence-corrected chi connectivity index (χ4v) is 1.73. The number of halogens is 1. The maximum absolute atomic E-state index is 12.7. The smallest absolute Gasteiger partial charge is 0.355 e. The van der Waals surface area contributed by atoms with Gasteiger partial charge in [0.15, 0.2) is 6.61 Å². The molecule has 0 radical (unpaired) electrons. The third-order valence-corrected chi connectivity index (χ3v) is 2.89. The second-order valence-corrected chi connectivity index (χ2v) is 4.48. The van der Waals surface area contributed by atoms with Crippen molar-refractivity contribution in [3.63, 3.8) is 0 Å². The lowest BCUT2D eigenvalue weighted by molar-refractivity contribution is -0.124. The van der Waals surface area contributed by atoms with E-state index in [0.717, 1.165) is 5.56 Å². The van der Waals surface area contributed by atoms with Crippen molar-refractivity contribution in [3.8, 4) is 0 Å². The molecule has 21 heavy (non-hydrogen) atoms. The maximum atomic E-state index is 12.7. The van der Waals surface area contributed by atoms with Crippen LogP contribution in [0.3, 0.4) is 0 Å². The van der Waals surface area contributed by atoms with Gasteiger partial charge >= 0.3 is 5.97 Å². The van der Waals surface area contributed by atoms with Gasteiger partial charge in [-0.3, -0.25) is 4.79 Å². The lowest BCUT2D eigenvalue weighted by Gasteiger charge is -2.07. The molecule has 0 aliphatic carbocycles. The lowest BCUT2D eigenvalue weighted by atomic mass is 10.2. The van der Waals surface area contributed by atoms with Crippen LogP contribution in [0.1, 0.15) is 16.1 Å². The first-order valence-electron chi connectivity index (χ1n) is 6.36. The molecule has 0 saturated carbocycles. The number of rotatable bonds is 5. The number of aryl methyl sites for hydroxylation is 1. The largest absolute Gasteiger partial charge is 0.451 e. The summed E-state index contributed by atoms with van der Waals surface area (Å²) in [5, 5.41) is 2.59. The number of ether oxygens (including phenoxy) is 1. The van der Waals surface area contributed by atoms with Crippen LogP contribution in [0, 0.1) is 5.82 Å². The van der Waals surface area contributed by atoms with Crippen LogP contribution in [0.2, 0.25) is 0 Å². The number of esters is 1. The van der Waals surface area contributed by atoms with E-state index in [1.165, 1.54) is 12.1 Å². The van der Waals surface area contributed by atoms with Crippen molar-refractivity contribution in [1.82, 2.24) is 9.88 Å². The summed E-state index contributed by atoms with van der Waals surface area (Å²) >= 11 is 0. The molecule has 2 rings (SSSR count). The Morgan fingerprint density at radius 2 is 1.95 bits per heavy atom. The van der Waals surface area contributed by atoms with Gasteiger partial charge in [-0.15, -0.1) is 0 Å². The van der Waals surface area contributed by atoms with Gasteiger partial charge in [-0.25, -0.2) is 9.18 Å². The number of nitrogens with one attached hydrogen (secondary N) is 1. The van der Waals surface area contributed by atoms with Crippen molar-refractivity contribution >= 4 is 11.9 Å². The van der Waals surface area contributed by atoms with Crippen molar-refractivity contribution in [2.45, 2.75) is 6.54 Å². The van der Waals surface area contributed by atoms with Gasteiger partial charge in [0.05, 0.1) is 0 Å². The molecule has 0 fully saturated rings. The number of aromatic nitrogens is 1. The van der Waals surface area contributed by atoms with Crippen LogP contribution in [0.5, 0.6) is 0 Å². The highest BCUT2D eigenvalue weighted by Gasteiger charge is 2.12. The van der Waals surface area contributed by atoms with Crippen LogP contribution in [-0.4, -0.2) is 23.1 Å². The molecule has 0 spiro atoms. The average Bonchev–Trinajstić information content (AvgIpc) is 2.90. The molecule has 5 nitrogen and oxygen atoms in total. The molecule has 1 aromatic carbocycles. The van der Waals surface area contributed by atoms with Crippen molar-refractivity contribution in [3.05, 3.63) is 59.7 Å². The second kappa shape index (κ2) is 6.69. The number of benzene rings is 1. The minimum absolute atomic E-state index is 0.251. The molecule has 0 aliphatic heterocycles. The number of amides is 1. The van der Waals surface area contributed by atoms with Crippen LogP contribution in [0.25, 0.3) is 0 Å². The van der Waals surface area contributed by atoms with E-state index in [9.17, 15) is 14.0 Å². The number of carbonyl (C=O) groups is 2. The molecule has 1 N–H and O–H groups in total. The molecule has 1 aromatic heterocycles. The molecular formula is C15H15FN2O3. The quantitative estimate of drug-likeness (QED) is 0.852. The molecule has 0 bridgehead atoms. The van der Waals surface area contributed by atoms with Crippen LogP contribution in [-0.2, 0) is 23.1 Å². The number of hydrogen-bond acceptors (Lipinski definition) is 3. The fourth-order valence-electron chi connectivity index (χ4n) is 1.73. The number of hydrogen-bond donors (Lipinski definition) is 1. The molecule has 0 aliphatic rings. The molecule has 2 aromatic rings. The summed E-state index contributed by atoms with van der Waals surface area (Å²) in [6.45, 7) is -0.105. The van der Waals surface area contributed by atoms with Gasteiger partial charge in [-0.1, -0.05) is 12.1 Å². The third-order valence-electron chi connectivity index (χ3n) is 2.89. The van der Waals surface area contributed by atoms with Gasteiger partial charge in [0.25, 0.3) is 5.91 Å². The van der Waals surface area contributed by atoms with Gasteiger partial charge in [-0.2, -0.15) is 0 Å². The van der Waals surface area contributed by atoms with Crippen LogP contribution in [0.15, 0.2) is 42.6 Å². The van der Waals surface area contributed by atoms with Gasteiger partial charge in [0.2, 0.25) is 0 Å². The Labute approximate surface area is 121 Å². The first-order chi connectivity index (χ1) is 10.1. The fraction of sp³-hybridized carbons (Fsp3) is 0.200. The first kappa shape index (κ1) is 14.8. The second-order valence-electron chi connectivity index (χ2n) is 4.48. The lowest BCUT2D eigenvalue weighted by Crippen LogP contribution is -2.28. The van der Waals surface area contributed by atoms with Gasteiger partial charge in [-0.05, 0) is 29.8 Å². The van der Waals surface area contributed by atoms with Crippen LogP contribution >= 0.6 is 0 Å². The van der Waals surface area contributed by atoms with E-state index in [-0.39, 0.29) is 19.0 Å². The molecule has 110 valence electrons. The predicted molar refractivity (Wildman–Crippen MR) is 73.9 cm³/mol. The highest BCUT2D eigenvalue weighted by atomic mass is 19.1. The van der Waals surface area contributed by atoms with Gasteiger partial charge in [0.1, 0.15) is 11.5 Å². The Bertz CT molecular complexity index is 635. The Morgan fingerprint density at radius 3 is 2.57 bits per heavy atom. The molecular weight excluding hydrogens is 275 g/mol. The van der Waals surface area contributed by atoms with E-state index in [1.807, 2.05) is 0 Å². The molecule has 6 heteroatoms. The maximum Gasteiger partial charge on any atom is 0.355 e. The van der Waals surface area contributed by atoms with E-state index in [4.69, 9.17) is 4.74 Å². The zero-order chi connectivity index (χ0) is 15.2. The Hall–Kier alpha value is -2.63. The van der Waals surface area contributed by atoms with Crippen LogP contribution < -0.4 is 5.32 Å². The summed E-state index contributed by atoms with van der Waals surface area (Å²) in [5.41, 5.74) is 1.14. The SMILES string of the molecule is Cn1cccc1C(=O)OCC(=O)NCc1ccc(F)cc1. The minimum Gasteiger partial charge on any atom is -0.451 e. The van der Waals surface area contributed by atoms with E-state index >= 15 is 0 Å². The standard InChI is InChI=1S/C15H15FN2O3/c1-18-8-2-3-13(18)15(20)21-10-14(19)17-9-11-4-6-12(16)7-5-11/h2-8H,9-10H2,1H3,(H,17,19). The zero-order valence-electron chi connectivity index (χ0n) is 11.5. The van der Waals surface area contributed by atoms with Crippen molar-refractivity contribution < 1.29 is 18.7 Å². The average molecular weight is 290 g/mol. The molecule has 1 heterocycles. The topological polar surface area (TPSA) is 60.3 Å². The summed E-state index contributed by atoms with van der Waals surface area (Å²) in [7, 11) is 1.71. The highest BCUT2D eigenvalue weighted by molar-refractivity contribution is 5.89. The Morgan fingerprint density at radius 1 is 1.24 bits per heavy atom. The van der Waals surface area contributed by atoms with Crippen LogP contribution in [0.4, 0.5) is 4.39 Å². The third kappa shape index (κ3) is 4.17. The molecule has 1 amide bonds. The summed E-state index contributed by atoms with van der Waals surface area (Å²) in [6.07, 6.45) is 1.71. The summed E-state index contributed by atoms with van der Waals surface area (Å²) < 4.78 is 19.2. The highest BCUT2D eigenvalue weighted by Crippen LogP contribution is 2.03. The van der Waals surface area contributed by atoms with Gasteiger partial charge < -0.3 is 14.6 Å². The van der Waals surface area contributed by atoms with Crippen molar-refractivity contribution in [2.75, 3.05) is 6.61 Å². The van der Waals surface area contributed by atoms with E-state index < -0.39 is 11.9 Å². The van der Waals surface area contributed by atoms with Crippen molar-refractivity contribution in [1.29, 1.82) is 0 Å². The summed E-state index contributed by atoms with van der Waals surface area (Å²) in [4.78, 5) is 23.3. The van der Waals surface area contributed by atoms with E-state index in [0.29, 0.717) is 5.69 Å². The molecule has 0 atom stereocenters. The summed E-state index contributed by atoms with van der Waals surface area (Å²) in [6, 6.07) is 9.11. The first-order valence-corrected chi connectivity index (χ1v) is 6.36. The van der Waals surface area contributed by atoms with Crippen molar-refractivity contribution in [2.24, 2.45) is 7.05 Å². The number of carbonyl (C=O) groups excluding carboxylic acids is 2. The Balaban J connectivity index is 1.76. The predicted octanol–water partition coefficient (Wildman–Crippen LogP) is 1.64. The minimum atomic E-state index is -0.556. The summed E-state index contributed by atoms with van der Waals surface area (Å²) in [5.74, 6) is -1.30. The normalized spacial score (nSPS) is 10.2. The Kier molecular flexibility index (Phi) is 4.71. The van der Waals surface area contributed by atoms with E-state index in [2.05, 4.69) is 5.32 Å². The van der Waals surface area contributed by atoms with Gasteiger partial charge in [0, 0.05) is 19.8 Å². The molecule has 0 saturated heterocycles. The number of nitrogens with zero attached hydrogens (tertiary/aromatic N) is 1. The zero-order valence-corrected chi connectivity index (χ0v) is 11.5.